The highest BCUT2D eigenvalue weighted by molar-refractivity contribution is 7.89. The number of hydrogen-bond donors (Lipinski definition) is 3. The molecule has 158 valence electrons. The lowest BCUT2D eigenvalue weighted by Crippen LogP contribution is -2.27. The fraction of sp³-hybridized carbons (Fsp3) is 0.381. The molecule has 2 aromatic rings. The topological polar surface area (TPSA) is 105 Å². The summed E-state index contributed by atoms with van der Waals surface area (Å²) in [5.74, 6) is -1.18. The Bertz CT molecular complexity index is 899. The molecule has 0 heterocycles. The number of nitrogens with one attached hydrogen (secondary N) is 2. The van der Waals surface area contributed by atoms with Crippen LogP contribution in [0, 0.1) is 0 Å². The van der Waals surface area contributed by atoms with Crippen molar-refractivity contribution in [3.8, 4) is 0 Å². The van der Waals surface area contributed by atoms with E-state index in [1.807, 2.05) is 44.2 Å². The van der Waals surface area contributed by atoms with Crippen molar-refractivity contribution in [2.24, 2.45) is 0 Å². The molecule has 2 rings (SSSR count). The second kappa shape index (κ2) is 10.9. The number of carboxylic acids is 1. The second-order valence-corrected chi connectivity index (χ2v) is 8.58. The van der Waals surface area contributed by atoms with Gasteiger partial charge in [0.2, 0.25) is 10.0 Å². The third-order valence-electron chi connectivity index (χ3n) is 4.15. The molecule has 0 aliphatic rings. The zero-order valence-corrected chi connectivity index (χ0v) is 17.5. The van der Waals surface area contributed by atoms with Gasteiger partial charge in [-0.05, 0) is 50.5 Å². The van der Waals surface area contributed by atoms with Crippen LogP contribution in [0.15, 0.2) is 53.4 Å². The number of carboxylic acid groups (broad SMARTS) is 1. The molecule has 0 aromatic heterocycles. The van der Waals surface area contributed by atoms with E-state index in [1.165, 1.54) is 18.2 Å². The van der Waals surface area contributed by atoms with Gasteiger partial charge in [0, 0.05) is 19.7 Å². The van der Waals surface area contributed by atoms with Gasteiger partial charge in [-0.2, -0.15) is 0 Å². The molecule has 29 heavy (non-hydrogen) atoms. The van der Waals surface area contributed by atoms with Crippen LogP contribution in [-0.2, 0) is 21.2 Å². The summed E-state index contributed by atoms with van der Waals surface area (Å²) in [4.78, 5) is 11.2. The molecule has 0 unspecified atom stereocenters. The normalized spacial score (nSPS) is 11.6. The predicted octanol–water partition coefficient (Wildman–Crippen LogP) is 3.13. The lowest BCUT2D eigenvalue weighted by Gasteiger charge is -2.14. The third kappa shape index (κ3) is 7.49. The Morgan fingerprint density at radius 2 is 1.83 bits per heavy atom. The van der Waals surface area contributed by atoms with Crippen molar-refractivity contribution in [1.29, 1.82) is 0 Å². The Morgan fingerprint density at radius 3 is 2.48 bits per heavy atom. The van der Waals surface area contributed by atoms with Gasteiger partial charge in [0.25, 0.3) is 0 Å². The number of anilines is 1. The van der Waals surface area contributed by atoms with E-state index in [-0.39, 0.29) is 23.1 Å². The minimum absolute atomic E-state index is 0.0739. The van der Waals surface area contributed by atoms with Crippen molar-refractivity contribution in [3.05, 3.63) is 59.7 Å². The van der Waals surface area contributed by atoms with Gasteiger partial charge < -0.3 is 15.2 Å². The monoisotopic (exact) mass is 420 g/mol. The zero-order chi connectivity index (χ0) is 21.3. The van der Waals surface area contributed by atoms with Gasteiger partial charge in [-0.15, -0.1) is 0 Å². The Morgan fingerprint density at radius 1 is 1.10 bits per heavy atom. The van der Waals surface area contributed by atoms with Gasteiger partial charge in [0.15, 0.2) is 0 Å². The van der Waals surface area contributed by atoms with E-state index < -0.39 is 16.0 Å². The number of carbonyl (C=O) groups is 1. The van der Waals surface area contributed by atoms with E-state index in [1.54, 1.807) is 0 Å². The van der Waals surface area contributed by atoms with Crippen molar-refractivity contribution < 1.29 is 23.1 Å². The van der Waals surface area contributed by atoms with Crippen LogP contribution in [0.25, 0.3) is 0 Å². The summed E-state index contributed by atoms with van der Waals surface area (Å²) in [6, 6.07) is 13.9. The number of benzene rings is 2. The Kier molecular flexibility index (Phi) is 8.63. The number of aromatic carboxylic acids is 1. The maximum atomic E-state index is 12.8. The number of rotatable bonds is 12. The van der Waals surface area contributed by atoms with E-state index in [0.717, 1.165) is 5.56 Å². The molecule has 0 radical (unpaired) electrons. The summed E-state index contributed by atoms with van der Waals surface area (Å²) < 4.78 is 33.5. The molecular weight excluding hydrogens is 392 g/mol. The van der Waals surface area contributed by atoms with Crippen molar-refractivity contribution in [2.45, 2.75) is 37.7 Å². The summed E-state index contributed by atoms with van der Waals surface area (Å²) in [5.41, 5.74) is 1.41. The summed E-state index contributed by atoms with van der Waals surface area (Å²) in [6.07, 6.45) is 1.31. The Hall–Kier alpha value is -2.42. The summed E-state index contributed by atoms with van der Waals surface area (Å²) >= 11 is 0. The van der Waals surface area contributed by atoms with E-state index in [4.69, 9.17) is 4.74 Å². The van der Waals surface area contributed by atoms with Crippen LogP contribution in [0.3, 0.4) is 0 Å². The fourth-order valence-corrected chi connectivity index (χ4v) is 3.97. The first-order chi connectivity index (χ1) is 13.8. The zero-order valence-electron chi connectivity index (χ0n) is 16.7. The molecule has 0 spiro atoms. The second-order valence-electron chi connectivity index (χ2n) is 6.85. The first-order valence-corrected chi connectivity index (χ1v) is 11.0. The molecule has 8 heteroatoms. The van der Waals surface area contributed by atoms with Crippen LogP contribution >= 0.6 is 0 Å². The number of hydrogen-bond acceptors (Lipinski definition) is 5. The maximum Gasteiger partial charge on any atom is 0.335 e. The Labute approximate surface area is 172 Å². The first-order valence-electron chi connectivity index (χ1n) is 9.56. The van der Waals surface area contributed by atoms with E-state index in [0.29, 0.717) is 31.7 Å². The minimum Gasteiger partial charge on any atom is -0.478 e. The van der Waals surface area contributed by atoms with Crippen molar-refractivity contribution in [3.63, 3.8) is 0 Å². The molecule has 0 aliphatic heterocycles. The van der Waals surface area contributed by atoms with Gasteiger partial charge >= 0.3 is 5.97 Å². The van der Waals surface area contributed by atoms with Gasteiger partial charge in [0.1, 0.15) is 4.90 Å². The van der Waals surface area contributed by atoms with Crippen molar-refractivity contribution in [1.82, 2.24) is 4.72 Å². The molecule has 0 amide bonds. The molecule has 0 atom stereocenters. The standard InChI is InChI=1S/C21H28N2O5S/c1-16(2)28-14-6-12-23-29(26,27)20-15-18(21(24)25)9-10-19(20)22-13-11-17-7-4-3-5-8-17/h3-5,7-10,15-16,22-23H,6,11-14H2,1-2H3,(H,24,25). The molecule has 0 saturated carbocycles. The SMILES string of the molecule is CC(C)OCCCNS(=O)(=O)c1cc(C(=O)O)ccc1NCCc1ccccc1. The van der Waals surface area contributed by atoms with E-state index >= 15 is 0 Å². The minimum atomic E-state index is -3.87. The summed E-state index contributed by atoms with van der Waals surface area (Å²) in [5, 5.41) is 12.4. The highest BCUT2D eigenvalue weighted by Crippen LogP contribution is 2.23. The van der Waals surface area contributed by atoms with Gasteiger partial charge in [0.05, 0.1) is 17.4 Å². The molecule has 0 saturated heterocycles. The van der Waals surface area contributed by atoms with Crippen LogP contribution < -0.4 is 10.0 Å². The average Bonchev–Trinajstić information content (AvgIpc) is 2.68. The molecule has 0 fully saturated rings. The molecule has 0 bridgehead atoms. The van der Waals surface area contributed by atoms with Gasteiger partial charge in [-0.1, -0.05) is 30.3 Å². The van der Waals surface area contributed by atoms with Crippen LogP contribution in [0.4, 0.5) is 5.69 Å². The number of sulfonamides is 1. The quantitative estimate of drug-likeness (QED) is 0.456. The lowest BCUT2D eigenvalue weighted by atomic mass is 10.1. The summed E-state index contributed by atoms with van der Waals surface area (Å²) in [6.45, 7) is 4.98. The molecule has 3 N–H and O–H groups in total. The molecular formula is C21H28N2O5S. The number of ether oxygens (including phenoxy) is 1. The van der Waals surface area contributed by atoms with Crippen LogP contribution in [-0.4, -0.2) is 45.3 Å². The first kappa shape index (κ1) is 22.9. The smallest absolute Gasteiger partial charge is 0.335 e. The molecule has 0 aliphatic carbocycles. The van der Waals surface area contributed by atoms with Crippen molar-refractivity contribution in [2.75, 3.05) is 25.0 Å². The average molecular weight is 421 g/mol. The predicted molar refractivity (Wildman–Crippen MR) is 113 cm³/mol. The van der Waals surface area contributed by atoms with Crippen molar-refractivity contribution >= 4 is 21.7 Å². The largest absolute Gasteiger partial charge is 0.478 e. The molecule has 2 aromatic carbocycles. The third-order valence-corrected chi connectivity index (χ3v) is 5.66. The molecule has 7 nitrogen and oxygen atoms in total. The van der Waals surface area contributed by atoms with E-state index in [9.17, 15) is 18.3 Å². The van der Waals surface area contributed by atoms with Gasteiger partial charge in [-0.25, -0.2) is 17.9 Å². The highest BCUT2D eigenvalue weighted by atomic mass is 32.2. The fourth-order valence-electron chi connectivity index (χ4n) is 2.69. The van der Waals surface area contributed by atoms with Crippen LogP contribution in [0.2, 0.25) is 0 Å². The summed E-state index contributed by atoms with van der Waals surface area (Å²) in [7, 11) is -3.87. The lowest BCUT2D eigenvalue weighted by molar-refractivity contribution is 0.0696. The van der Waals surface area contributed by atoms with Crippen LogP contribution in [0.5, 0.6) is 0 Å². The highest BCUT2D eigenvalue weighted by Gasteiger charge is 2.20. The van der Waals surface area contributed by atoms with Crippen LogP contribution in [0.1, 0.15) is 36.2 Å². The maximum absolute atomic E-state index is 12.8. The van der Waals surface area contributed by atoms with Gasteiger partial charge in [-0.3, -0.25) is 0 Å². The van der Waals surface area contributed by atoms with E-state index in [2.05, 4.69) is 10.0 Å². The Balaban J connectivity index is 2.09.